The van der Waals surface area contributed by atoms with E-state index in [1.165, 1.54) is 23.7 Å². The molecule has 0 aliphatic carbocycles. The molecule has 5 N–H and O–H groups in total. The van der Waals surface area contributed by atoms with Gasteiger partial charge >= 0.3 is 0 Å². The minimum atomic E-state index is -0.687. The van der Waals surface area contributed by atoms with Gasteiger partial charge in [-0.05, 0) is 12.1 Å². The van der Waals surface area contributed by atoms with Crippen LogP contribution in [-0.4, -0.2) is 34.4 Å². The molecule has 2 amide bonds. The molecule has 10 heteroatoms. The summed E-state index contributed by atoms with van der Waals surface area (Å²) in [6, 6.07) is 9.01. The van der Waals surface area contributed by atoms with Gasteiger partial charge in [0.15, 0.2) is 11.3 Å². The third-order valence-corrected chi connectivity index (χ3v) is 4.22. The standard InChI is InChI=1S/C13H15N7O2S/c1-7(21)15-10-9(23-13-16-12(14)17-18-13)11(22)20(19-10)8-5-3-2-4-6-8/h2-6,9,13,18H,1H3,(H3,14,16,17)(H,15,19,21)/t9-,13+/m0/s1. The third kappa shape index (κ3) is 3.27. The molecule has 0 spiro atoms. The normalized spacial score (nSPS) is 23.3. The maximum Gasteiger partial charge on any atom is 0.268 e. The van der Waals surface area contributed by atoms with Crippen LogP contribution in [0.2, 0.25) is 0 Å². The Morgan fingerprint density at radius 1 is 1.39 bits per heavy atom. The molecule has 2 heterocycles. The molecule has 2 aliphatic heterocycles. The van der Waals surface area contributed by atoms with Crippen molar-refractivity contribution in [3.63, 3.8) is 0 Å². The molecule has 120 valence electrons. The number of aliphatic imine (C=N–C) groups is 1. The first-order valence-corrected chi connectivity index (χ1v) is 7.74. The Morgan fingerprint density at radius 3 is 2.74 bits per heavy atom. The lowest BCUT2D eigenvalue weighted by atomic mass is 10.3. The Hall–Kier alpha value is -2.59. The summed E-state index contributed by atoms with van der Waals surface area (Å²) in [6.45, 7) is 1.37. The number of thioether (sulfide) groups is 1. The summed E-state index contributed by atoms with van der Waals surface area (Å²) in [5.74, 6) is -0.0327. The Bertz CT molecular complexity index is 691. The molecule has 0 aromatic heterocycles. The van der Waals surface area contributed by atoms with Gasteiger partial charge in [0.2, 0.25) is 11.9 Å². The largest absolute Gasteiger partial charge is 0.369 e. The molecule has 0 saturated heterocycles. The summed E-state index contributed by atoms with van der Waals surface area (Å²) in [4.78, 5) is 28.2. The van der Waals surface area contributed by atoms with Gasteiger partial charge in [0.1, 0.15) is 5.25 Å². The number of benzene rings is 1. The molecule has 0 radical (unpaired) electrons. The van der Waals surface area contributed by atoms with Gasteiger partial charge in [0.05, 0.1) is 5.69 Å². The number of carbonyl (C=O) groups excluding carboxylic acids is 2. The maximum absolute atomic E-state index is 12.7. The maximum atomic E-state index is 12.7. The van der Waals surface area contributed by atoms with Crippen LogP contribution in [0.4, 0.5) is 5.69 Å². The predicted molar refractivity (Wildman–Crippen MR) is 88.2 cm³/mol. The van der Waals surface area contributed by atoms with Gasteiger partial charge in [-0.1, -0.05) is 30.0 Å². The van der Waals surface area contributed by atoms with E-state index in [9.17, 15) is 9.59 Å². The first kappa shape index (κ1) is 15.3. The number of amidine groups is 1. The molecule has 9 nitrogen and oxygen atoms in total. The number of hydrazine groups is 1. The summed E-state index contributed by atoms with van der Waals surface area (Å²) in [5, 5.41) is 7.44. The van der Waals surface area contributed by atoms with Crippen molar-refractivity contribution < 1.29 is 9.59 Å². The number of carbonyl (C=O) groups is 2. The average Bonchev–Trinajstić information content (AvgIpc) is 3.06. The fourth-order valence-corrected chi connectivity index (χ4v) is 3.12. The number of hydrogen-bond acceptors (Lipinski definition) is 8. The summed E-state index contributed by atoms with van der Waals surface area (Å²) in [5.41, 5.74) is 11.2. The minimum Gasteiger partial charge on any atom is -0.369 e. The highest BCUT2D eigenvalue weighted by Crippen LogP contribution is 2.28. The Balaban J connectivity index is 1.84. The highest BCUT2D eigenvalue weighted by Gasteiger charge is 2.40. The molecule has 2 aliphatic rings. The molecule has 3 rings (SSSR count). The molecule has 0 bridgehead atoms. The van der Waals surface area contributed by atoms with E-state index >= 15 is 0 Å². The smallest absolute Gasteiger partial charge is 0.268 e. The number of nitrogens with one attached hydrogen (secondary N) is 3. The number of nitrogens with two attached hydrogens (primary N) is 1. The van der Waals surface area contributed by atoms with Crippen molar-refractivity contribution in [3.05, 3.63) is 30.3 Å². The first-order chi connectivity index (χ1) is 11.0. The lowest BCUT2D eigenvalue weighted by Crippen LogP contribution is -2.42. The Morgan fingerprint density at radius 2 is 2.13 bits per heavy atom. The van der Waals surface area contributed by atoms with Gasteiger partial charge < -0.3 is 11.1 Å². The van der Waals surface area contributed by atoms with Gasteiger partial charge in [-0.15, -0.1) is 5.10 Å². The highest BCUT2D eigenvalue weighted by atomic mass is 32.2. The zero-order chi connectivity index (χ0) is 16.4. The lowest BCUT2D eigenvalue weighted by Gasteiger charge is -2.15. The molecule has 23 heavy (non-hydrogen) atoms. The second-order valence-electron chi connectivity index (χ2n) is 4.80. The zero-order valence-electron chi connectivity index (χ0n) is 12.2. The van der Waals surface area contributed by atoms with Crippen molar-refractivity contribution in [1.82, 2.24) is 16.2 Å². The summed E-state index contributed by atoms with van der Waals surface area (Å²) >= 11 is 1.20. The van der Waals surface area contributed by atoms with E-state index in [4.69, 9.17) is 5.73 Å². The zero-order valence-corrected chi connectivity index (χ0v) is 13.0. The summed E-state index contributed by atoms with van der Waals surface area (Å²) < 4.78 is 0. The fourth-order valence-electron chi connectivity index (χ4n) is 2.11. The molecular weight excluding hydrogens is 318 g/mol. The van der Waals surface area contributed by atoms with Crippen LogP contribution in [-0.2, 0) is 9.59 Å². The van der Waals surface area contributed by atoms with Crippen LogP contribution in [0.1, 0.15) is 6.92 Å². The molecule has 0 unspecified atom stereocenters. The lowest BCUT2D eigenvalue weighted by molar-refractivity contribution is -0.117. The molecule has 2 atom stereocenters. The molecule has 0 fully saturated rings. The SMILES string of the molecule is CC(=O)NC1=NN(c2ccccc2)C(=O)[C@H]1S[C@@H]1N=C(N)NN1. The first-order valence-electron chi connectivity index (χ1n) is 6.80. The number of amides is 2. The quantitative estimate of drug-likeness (QED) is 0.579. The number of hydrazone groups is 1. The number of anilines is 1. The van der Waals surface area contributed by atoms with Gasteiger partial charge in [-0.25, -0.2) is 10.4 Å². The Kier molecular flexibility index (Phi) is 4.17. The average molecular weight is 333 g/mol. The van der Waals surface area contributed by atoms with Crippen molar-refractivity contribution in [1.29, 1.82) is 0 Å². The van der Waals surface area contributed by atoms with Crippen molar-refractivity contribution >= 4 is 41.1 Å². The highest BCUT2D eigenvalue weighted by molar-refractivity contribution is 8.02. The Labute approximate surface area is 136 Å². The van der Waals surface area contributed by atoms with E-state index in [1.807, 2.05) is 18.2 Å². The summed E-state index contributed by atoms with van der Waals surface area (Å²) in [7, 11) is 0. The topological polar surface area (TPSA) is 124 Å². The monoisotopic (exact) mass is 333 g/mol. The number of rotatable bonds is 3. The van der Waals surface area contributed by atoms with Gasteiger partial charge in [0.25, 0.3) is 5.91 Å². The van der Waals surface area contributed by atoms with Crippen LogP contribution in [0.15, 0.2) is 40.4 Å². The van der Waals surface area contributed by atoms with Gasteiger partial charge in [-0.3, -0.25) is 15.0 Å². The van der Waals surface area contributed by atoms with Crippen molar-refractivity contribution in [2.75, 3.05) is 5.01 Å². The van der Waals surface area contributed by atoms with Crippen LogP contribution >= 0.6 is 11.8 Å². The third-order valence-electron chi connectivity index (χ3n) is 3.04. The van der Waals surface area contributed by atoms with E-state index in [0.29, 0.717) is 5.69 Å². The molecular formula is C13H15N7O2S. The van der Waals surface area contributed by atoms with E-state index in [2.05, 4.69) is 26.3 Å². The number of nitrogens with zero attached hydrogens (tertiary/aromatic N) is 3. The predicted octanol–water partition coefficient (Wildman–Crippen LogP) is -0.709. The van der Waals surface area contributed by atoms with Crippen LogP contribution in [0.3, 0.4) is 0 Å². The fraction of sp³-hybridized carbons (Fsp3) is 0.231. The van der Waals surface area contributed by atoms with E-state index < -0.39 is 10.7 Å². The van der Waals surface area contributed by atoms with Gasteiger partial charge in [-0.2, -0.15) is 5.01 Å². The minimum absolute atomic E-state index is 0.242. The second-order valence-corrected chi connectivity index (χ2v) is 5.99. The number of guanidine groups is 1. The van der Waals surface area contributed by atoms with Crippen molar-refractivity contribution in [2.45, 2.75) is 17.7 Å². The van der Waals surface area contributed by atoms with Gasteiger partial charge in [0, 0.05) is 6.92 Å². The molecule has 0 saturated carbocycles. The number of para-hydroxylation sites is 1. The van der Waals surface area contributed by atoms with E-state index in [1.54, 1.807) is 12.1 Å². The van der Waals surface area contributed by atoms with Crippen molar-refractivity contribution in [3.8, 4) is 0 Å². The van der Waals surface area contributed by atoms with Crippen LogP contribution in [0, 0.1) is 0 Å². The van der Waals surface area contributed by atoms with Crippen LogP contribution < -0.4 is 26.9 Å². The van der Waals surface area contributed by atoms with Crippen molar-refractivity contribution in [2.24, 2.45) is 15.8 Å². The summed E-state index contributed by atoms with van der Waals surface area (Å²) in [6.07, 6.45) is 0. The van der Waals surface area contributed by atoms with E-state index in [-0.39, 0.29) is 23.6 Å². The van der Waals surface area contributed by atoms with E-state index in [0.717, 1.165) is 0 Å². The molecule has 1 aromatic rings. The van der Waals surface area contributed by atoms with Crippen LogP contribution in [0.25, 0.3) is 0 Å². The second kappa shape index (κ2) is 6.26. The number of hydrogen-bond donors (Lipinski definition) is 4. The van der Waals surface area contributed by atoms with Crippen LogP contribution in [0.5, 0.6) is 0 Å². The molecule has 1 aromatic carbocycles.